The number of aromatic nitrogens is 1. The molecule has 3 aromatic rings. The van der Waals surface area contributed by atoms with Crippen LogP contribution in [0.5, 0.6) is 0 Å². The number of hydrogen-bond donors (Lipinski definition) is 1. The molecule has 0 spiro atoms. The Bertz CT molecular complexity index is 1080. The van der Waals surface area contributed by atoms with E-state index in [9.17, 15) is 19.7 Å². The monoisotopic (exact) mass is 381 g/mol. The van der Waals surface area contributed by atoms with Gasteiger partial charge in [0.25, 0.3) is 11.6 Å². The first kappa shape index (κ1) is 19.1. The molecule has 0 unspecified atom stereocenters. The highest BCUT2D eigenvalue weighted by atomic mass is 16.6. The number of anilines is 1. The van der Waals surface area contributed by atoms with Crippen LogP contribution in [0.4, 0.5) is 16.2 Å². The SMILES string of the molecule is CC(C)(C)OC(=O)n1cc(C(=O)Nc2cccc([N+](=O)[O-])c2)c2ccccc21. The number of carbonyl (C=O) groups is 2. The van der Waals surface area contributed by atoms with Crippen LogP contribution in [0.3, 0.4) is 0 Å². The molecule has 0 aliphatic rings. The molecule has 0 saturated heterocycles. The van der Waals surface area contributed by atoms with E-state index < -0.39 is 22.5 Å². The first-order chi connectivity index (χ1) is 13.2. The van der Waals surface area contributed by atoms with Crippen LogP contribution in [-0.4, -0.2) is 27.1 Å². The number of para-hydroxylation sites is 1. The van der Waals surface area contributed by atoms with Crippen molar-refractivity contribution in [3.63, 3.8) is 0 Å². The second-order valence-corrected chi connectivity index (χ2v) is 7.17. The molecule has 0 bridgehead atoms. The highest BCUT2D eigenvalue weighted by Gasteiger charge is 2.23. The third kappa shape index (κ3) is 4.01. The summed E-state index contributed by atoms with van der Waals surface area (Å²) in [5.41, 5.74) is 0.254. The molecule has 0 atom stereocenters. The number of nitrogens with one attached hydrogen (secondary N) is 1. The van der Waals surface area contributed by atoms with E-state index in [4.69, 9.17) is 4.74 Å². The van der Waals surface area contributed by atoms with Gasteiger partial charge in [0, 0.05) is 29.4 Å². The summed E-state index contributed by atoms with van der Waals surface area (Å²) in [4.78, 5) is 35.7. The Morgan fingerprint density at radius 2 is 1.82 bits per heavy atom. The zero-order valence-corrected chi connectivity index (χ0v) is 15.6. The van der Waals surface area contributed by atoms with Gasteiger partial charge in [0.2, 0.25) is 0 Å². The number of carbonyl (C=O) groups excluding carboxylic acids is 2. The average Bonchev–Trinajstić information content (AvgIpc) is 3.00. The number of rotatable bonds is 3. The zero-order valence-electron chi connectivity index (χ0n) is 15.6. The minimum Gasteiger partial charge on any atom is -0.443 e. The van der Waals surface area contributed by atoms with Crippen molar-refractivity contribution in [2.24, 2.45) is 0 Å². The molecule has 2 aromatic carbocycles. The van der Waals surface area contributed by atoms with E-state index in [-0.39, 0.29) is 16.9 Å². The number of fused-ring (bicyclic) bond motifs is 1. The molecule has 0 saturated carbocycles. The van der Waals surface area contributed by atoms with Crippen molar-refractivity contribution in [3.8, 4) is 0 Å². The molecule has 1 N–H and O–H groups in total. The molecule has 1 amide bonds. The molecule has 3 rings (SSSR count). The van der Waals surface area contributed by atoms with Gasteiger partial charge < -0.3 is 10.1 Å². The fourth-order valence-corrected chi connectivity index (χ4v) is 2.72. The van der Waals surface area contributed by atoms with Gasteiger partial charge in [-0.3, -0.25) is 19.5 Å². The lowest BCUT2D eigenvalue weighted by atomic mass is 10.1. The standard InChI is InChI=1S/C20H19N3O5/c1-20(2,3)28-19(25)22-12-16(15-9-4-5-10-17(15)22)18(24)21-13-7-6-8-14(11-13)23(26)27/h4-12H,1-3H3,(H,21,24). The molecule has 0 fully saturated rings. The molecule has 144 valence electrons. The van der Waals surface area contributed by atoms with Gasteiger partial charge in [-0.2, -0.15) is 0 Å². The van der Waals surface area contributed by atoms with Crippen LogP contribution in [0, 0.1) is 10.1 Å². The summed E-state index contributed by atoms with van der Waals surface area (Å²) in [6.07, 6.45) is 0.809. The molecular formula is C20H19N3O5. The Kier molecular flexibility index (Phi) is 4.87. The minimum absolute atomic E-state index is 0.131. The van der Waals surface area contributed by atoms with Gasteiger partial charge in [0.05, 0.1) is 16.0 Å². The normalized spacial score (nSPS) is 11.2. The predicted octanol–water partition coefficient (Wildman–Crippen LogP) is 4.59. The maximum Gasteiger partial charge on any atom is 0.419 e. The Morgan fingerprint density at radius 1 is 1.11 bits per heavy atom. The number of amides is 1. The van der Waals surface area contributed by atoms with Crippen molar-refractivity contribution < 1.29 is 19.2 Å². The van der Waals surface area contributed by atoms with Gasteiger partial charge >= 0.3 is 6.09 Å². The molecule has 8 heteroatoms. The van der Waals surface area contributed by atoms with Crippen molar-refractivity contribution in [1.82, 2.24) is 4.57 Å². The van der Waals surface area contributed by atoms with Crippen LogP contribution in [-0.2, 0) is 4.74 Å². The molecule has 0 aliphatic heterocycles. The molecule has 8 nitrogen and oxygen atoms in total. The van der Waals surface area contributed by atoms with Crippen LogP contribution in [0.1, 0.15) is 31.1 Å². The van der Waals surface area contributed by atoms with Gasteiger partial charge in [-0.05, 0) is 32.9 Å². The van der Waals surface area contributed by atoms with Crippen molar-refractivity contribution in [2.75, 3.05) is 5.32 Å². The number of benzene rings is 2. The maximum absolute atomic E-state index is 12.8. The Hall–Kier alpha value is -3.68. The van der Waals surface area contributed by atoms with Gasteiger partial charge in [-0.25, -0.2) is 4.79 Å². The number of hydrogen-bond acceptors (Lipinski definition) is 5. The molecule has 0 radical (unpaired) electrons. The lowest BCUT2D eigenvalue weighted by Gasteiger charge is -2.19. The van der Waals surface area contributed by atoms with E-state index >= 15 is 0 Å². The van der Waals surface area contributed by atoms with Gasteiger partial charge in [-0.1, -0.05) is 24.3 Å². The van der Waals surface area contributed by atoms with Crippen LogP contribution >= 0.6 is 0 Å². The lowest BCUT2D eigenvalue weighted by molar-refractivity contribution is -0.384. The molecule has 1 aromatic heterocycles. The molecule has 28 heavy (non-hydrogen) atoms. The molecule has 0 aliphatic carbocycles. The van der Waals surface area contributed by atoms with E-state index in [1.165, 1.54) is 29.0 Å². The summed E-state index contributed by atoms with van der Waals surface area (Å²) in [5, 5.41) is 14.1. The predicted molar refractivity (Wildman–Crippen MR) is 105 cm³/mol. The van der Waals surface area contributed by atoms with Crippen molar-refractivity contribution >= 4 is 34.3 Å². The molecule has 1 heterocycles. The third-order valence-corrected chi connectivity index (χ3v) is 3.86. The van der Waals surface area contributed by atoms with E-state index in [2.05, 4.69) is 5.32 Å². The smallest absolute Gasteiger partial charge is 0.419 e. The maximum atomic E-state index is 12.8. The van der Waals surface area contributed by atoms with E-state index in [0.717, 1.165) is 0 Å². The number of nitro groups is 1. The van der Waals surface area contributed by atoms with Crippen molar-refractivity contribution in [3.05, 3.63) is 70.4 Å². The topological polar surface area (TPSA) is 103 Å². The van der Waals surface area contributed by atoms with Crippen LogP contribution < -0.4 is 5.32 Å². The fourth-order valence-electron chi connectivity index (χ4n) is 2.72. The first-order valence-electron chi connectivity index (χ1n) is 8.55. The summed E-state index contributed by atoms with van der Waals surface area (Å²) >= 11 is 0. The largest absolute Gasteiger partial charge is 0.443 e. The van der Waals surface area contributed by atoms with E-state index in [1.807, 2.05) is 0 Å². The average molecular weight is 381 g/mol. The number of ether oxygens (including phenoxy) is 1. The quantitative estimate of drug-likeness (QED) is 0.528. The number of nitro benzene ring substituents is 1. The van der Waals surface area contributed by atoms with Gasteiger partial charge in [0.15, 0.2) is 0 Å². The Labute approximate surface area is 160 Å². The van der Waals surface area contributed by atoms with E-state index in [1.54, 1.807) is 51.1 Å². The van der Waals surface area contributed by atoms with Gasteiger partial charge in [0.1, 0.15) is 5.60 Å². The lowest BCUT2D eigenvalue weighted by Crippen LogP contribution is -2.26. The Morgan fingerprint density at radius 3 is 2.50 bits per heavy atom. The fraction of sp³-hybridized carbons (Fsp3) is 0.200. The highest BCUT2D eigenvalue weighted by Crippen LogP contribution is 2.24. The third-order valence-electron chi connectivity index (χ3n) is 3.86. The summed E-state index contributed by atoms with van der Waals surface area (Å²) in [6, 6.07) is 12.6. The Balaban J connectivity index is 1.97. The van der Waals surface area contributed by atoms with Crippen LogP contribution in [0.15, 0.2) is 54.7 Å². The summed E-state index contributed by atoms with van der Waals surface area (Å²) in [5.74, 6) is -0.487. The van der Waals surface area contributed by atoms with Crippen LogP contribution in [0.25, 0.3) is 10.9 Å². The zero-order chi connectivity index (χ0) is 20.5. The van der Waals surface area contributed by atoms with Crippen molar-refractivity contribution in [1.29, 1.82) is 0 Å². The summed E-state index contributed by atoms with van der Waals surface area (Å²) < 4.78 is 6.68. The van der Waals surface area contributed by atoms with Gasteiger partial charge in [-0.15, -0.1) is 0 Å². The first-order valence-corrected chi connectivity index (χ1v) is 8.55. The number of nitrogens with zero attached hydrogens (tertiary/aromatic N) is 2. The summed E-state index contributed by atoms with van der Waals surface area (Å²) in [6.45, 7) is 5.27. The second kappa shape index (κ2) is 7.15. The van der Waals surface area contributed by atoms with Crippen molar-refractivity contribution in [2.45, 2.75) is 26.4 Å². The minimum atomic E-state index is -0.687. The molecular weight excluding hydrogens is 362 g/mol. The second-order valence-electron chi connectivity index (χ2n) is 7.17. The summed E-state index contributed by atoms with van der Waals surface area (Å²) in [7, 11) is 0. The van der Waals surface area contributed by atoms with E-state index in [0.29, 0.717) is 10.9 Å². The number of non-ortho nitro benzene ring substituents is 1. The van der Waals surface area contributed by atoms with Crippen LogP contribution in [0.2, 0.25) is 0 Å². The highest BCUT2D eigenvalue weighted by molar-refractivity contribution is 6.14.